The summed E-state index contributed by atoms with van der Waals surface area (Å²) in [6.45, 7) is 1.34. The van der Waals surface area contributed by atoms with Crippen LogP contribution in [0.3, 0.4) is 0 Å². The number of hydrogen-bond donors (Lipinski definition) is 2. The van der Waals surface area contributed by atoms with Gasteiger partial charge < -0.3 is 15.4 Å². The molecule has 1 amide bonds. The lowest BCUT2D eigenvalue weighted by atomic mass is 10.2. The van der Waals surface area contributed by atoms with E-state index in [9.17, 15) is 22.8 Å². The van der Waals surface area contributed by atoms with Gasteiger partial charge in [0.1, 0.15) is 0 Å². The van der Waals surface area contributed by atoms with Gasteiger partial charge in [0.25, 0.3) is 5.91 Å². The molecular weight excluding hydrogens is 349 g/mol. The third-order valence-corrected chi connectivity index (χ3v) is 3.53. The summed E-state index contributed by atoms with van der Waals surface area (Å²) in [4.78, 5) is 24.3. The second kappa shape index (κ2) is 7.90. The summed E-state index contributed by atoms with van der Waals surface area (Å²) in [5.41, 5.74) is -0.150. The van der Waals surface area contributed by atoms with Gasteiger partial charge in [-0.15, -0.1) is 0 Å². The highest BCUT2D eigenvalue weighted by molar-refractivity contribution is 5.99. The number of hydrogen-bond acceptors (Lipinski definition) is 4. The van der Waals surface area contributed by atoms with Crippen LogP contribution in [-0.4, -0.2) is 25.0 Å². The van der Waals surface area contributed by atoms with E-state index in [0.717, 1.165) is 12.1 Å². The summed E-state index contributed by atoms with van der Waals surface area (Å²) in [5, 5.41) is 5.14. The Balaban J connectivity index is 2.05. The number of alkyl halides is 3. The fraction of sp³-hybridized carbons (Fsp3) is 0.222. The van der Waals surface area contributed by atoms with Crippen LogP contribution in [0, 0.1) is 0 Å². The molecule has 0 bridgehead atoms. The van der Waals surface area contributed by atoms with Crippen LogP contribution in [0.5, 0.6) is 0 Å². The van der Waals surface area contributed by atoms with Crippen molar-refractivity contribution in [2.45, 2.75) is 19.2 Å². The highest BCUT2D eigenvalue weighted by atomic mass is 19.4. The summed E-state index contributed by atoms with van der Waals surface area (Å²) in [7, 11) is 1.63. The zero-order valence-corrected chi connectivity index (χ0v) is 14.1. The zero-order valence-electron chi connectivity index (χ0n) is 14.1. The van der Waals surface area contributed by atoms with E-state index in [1.54, 1.807) is 25.2 Å². The van der Waals surface area contributed by atoms with Crippen molar-refractivity contribution in [1.29, 1.82) is 0 Å². The SMILES string of the molecule is CNc1ccccc1C(=O)O[C@@H](C)C(=O)Nc1cccc(C(F)(F)F)c1. The molecule has 0 unspecified atom stereocenters. The van der Waals surface area contributed by atoms with Crippen molar-refractivity contribution < 1.29 is 27.5 Å². The molecule has 0 aliphatic carbocycles. The fourth-order valence-electron chi connectivity index (χ4n) is 2.17. The smallest absolute Gasteiger partial charge is 0.416 e. The van der Waals surface area contributed by atoms with Gasteiger partial charge in [-0.05, 0) is 37.3 Å². The number of amides is 1. The van der Waals surface area contributed by atoms with Crippen molar-refractivity contribution in [1.82, 2.24) is 0 Å². The van der Waals surface area contributed by atoms with Crippen molar-refractivity contribution in [3.8, 4) is 0 Å². The Morgan fingerprint density at radius 2 is 1.77 bits per heavy atom. The van der Waals surface area contributed by atoms with Crippen LogP contribution < -0.4 is 10.6 Å². The first kappa shape index (κ1) is 19.3. The maximum Gasteiger partial charge on any atom is 0.416 e. The topological polar surface area (TPSA) is 67.4 Å². The Kier molecular flexibility index (Phi) is 5.86. The Morgan fingerprint density at radius 1 is 1.08 bits per heavy atom. The number of rotatable bonds is 5. The third-order valence-electron chi connectivity index (χ3n) is 3.53. The molecule has 2 aromatic rings. The van der Waals surface area contributed by atoms with Crippen molar-refractivity contribution in [3.63, 3.8) is 0 Å². The third kappa shape index (κ3) is 4.75. The van der Waals surface area contributed by atoms with E-state index in [0.29, 0.717) is 5.69 Å². The van der Waals surface area contributed by atoms with Crippen molar-refractivity contribution in [3.05, 3.63) is 59.7 Å². The van der Waals surface area contributed by atoms with Gasteiger partial charge in [0.2, 0.25) is 0 Å². The van der Waals surface area contributed by atoms with Gasteiger partial charge >= 0.3 is 12.1 Å². The molecule has 0 heterocycles. The molecule has 0 radical (unpaired) electrons. The fourth-order valence-corrected chi connectivity index (χ4v) is 2.17. The standard InChI is InChI=1S/C18H17F3N2O3/c1-11(26-17(25)14-8-3-4-9-15(14)22-2)16(24)23-13-7-5-6-12(10-13)18(19,20)21/h3-11,22H,1-2H3,(H,23,24)/t11-/m0/s1. The molecule has 2 aromatic carbocycles. The largest absolute Gasteiger partial charge is 0.449 e. The highest BCUT2D eigenvalue weighted by Crippen LogP contribution is 2.30. The first-order chi connectivity index (χ1) is 12.2. The van der Waals surface area contributed by atoms with Crippen LogP contribution in [0.2, 0.25) is 0 Å². The van der Waals surface area contributed by atoms with E-state index < -0.39 is 29.7 Å². The van der Waals surface area contributed by atoms with Gasteiger partial charge in [0.15, 0.2) is 6.10 Å². The number of anilines is 2. The van der Waals surface area contributed by atoms with Crippen LogP contribution in [0.4, 0.5) is 24.5 Å². The average molecular weight is 366 g/mol. The number of ether oxygens (including phenoxy) is 1. The lowest BCUT2D eigenvalue weighted by Gasteiger charge is -2.15. The van der Waals surface area contributed by atoms with Gasteiger partial charge in [0.05, 0.1) is 11.1 Å². The molecule has 0 aromatic heterocycles. The Labute approximate surface area is 148 Å². The molecule has 2 N–H and O–H groups in total. The monoisotopic (exact) mass is 366 g/mol. The van der Waals surface area contributed by atoms with E-state index in [4.69, 9.17) is 4.74 Å². The van der Waals surface area contributed by atoms with Gasteiger partial charge in [0, 0.05) is 18.4 Å². The van der Waals surface area contributed by atoms with Crippen LogP contribution >= 0.6 is 0 Å². The molecule has 0 saturated carbocycles. The first-order valence-corrected chi connectivity index (χ1v) is 7.68. The molecule has 8 heteroatoms. The van der Waals surface area contributed by atoms with E-state index in [-0.39, 0.29) is 11.3 Å². The Bertz CT molecular complexity index is 806. The molecular formula is C18H17F3N2O3. The number of nitrogens with one attached hydrogen (secondary N) is 2. The molecule has 2 rings (SSSR count). The van der Waals surface area contributed by atoms with E-state index >= 15 is 0 Å². The minimum absolute atomic E-state index is 0.0386. The number of benzene rings is 2. The van der Waals surface area contributed by atoms with Crippen molar-refractivity contribution in [2.24, 2.45) is 0 Å². The normalized spacial score (nSPS) is 12.2. The van der Waals surface area contributed by atoms with E-state index in [2.05, 4.69) is 10.6 Å². The molecule has 0 saturated heterocycles. The van der Waals surface area contributed by atoms with Crippen molar-refractivity contribution >= 4 is 23.3 Å². The van der Waals surface area contributed by atoms with Gasteiger partial charge in [-0.2, -0.15) is 13.2 Å². The summed E-state index contributed by atoms with van der Waals surface area (Å²) in [6, 6.07) is 10.8. The van der Waals surface area contributed by atoms with Crippen LogP contribution in [0.1, 0.15) is 22.8 Å². The number of esters is 1. The van der Waals surface area contributed by atoms with Gasteiger partial charge in [-0.1, -0.05) is 18.2 Å². The van der Waals surface area contributed by atoms with E-state index in [1.807, 2.05) is 0 Å². The number of para-hydroxylation sites is 1. The second-order valence-corrected chi connectivity index (χ2v) is 5.41. The van der Waals surface area contributed by atoms with Gasteiger partial charge in [-0.3, -0.25) is 4.79 Å². The summed E-state index contributed by atoms with van der Waals surface area (Å²) >= 11 is 0. The number of carbonyl (C=O) groups excluding carboxylic acids is 2. The Hall–Kier alpha value is -3.03. The molecule has 5 nitrogen and oxygen atoms in total. The van der Waals surface area contributed by atoms with Crippen LogP contribution in [0.25, 0.3) is 0 Å². The lowest BCUT2D eigenvalue weighted by Crippen LogP contribution is -2.30. The summed E-state index contributed by atoms with van der Waals surface area (Å²) in [6.07, 6.45) is -5.71. The second-order valence-electron chi connectivity index (χ2n) is 5.41. The molecule has 26 heavy (non-hydrogen) atoms. The maximum absolute atomic E-state index is 12.7. The van der Waals surface area contributed by atoms with Gasteiger partial charge in [-0.25, -0.2) is 4.79 Å². The maximum atomic E-state index is 12.7. The highest BCUT2D eigenvalue weighted by Gasteiger charge is 2.30. The van der Waals surface area contributed by atoms with E-state index in [1.165, 1.54) is 25.1 Å². The Morgan fingerprint density at radius 3 is 2.42 bits per heavy atom. The number of carbonyl (C=O) groups is 2. The van der Waals surface area contributed by atoms with Crippen LogP contribution in [0.15, 0.2) is 48.5 Å². The quantitative estimate of drug-likeness (QED) is 0.787. The van der Waals surface area contributed by atoms with Crippen LogP contribution in [-0.2, 0) is 15.7 Å². The predicted octanol–water partition coefficient (Wildman–Crippen LogP) is 3.93. The summed E-state index contributed by atoms with van der Waals surface area (Å²) in [5.74, 6) is -1.46. The summed E-state index contributed by atoms with van der Waals surface area (Å²) < 4.78 is 43.2. The first-order valence-electron chi connectivity index (χ1n) is 7.68. The molecule has 138 valence electrons. The lowest BCUT2D eigenvalue weighted by molar-refractivity contribution is -0.137. The molecule has 0 aliphatic heterocycles. The minimum Gasteiger partial charge on any atom is -0.449 e. The van der Waals surface area contributed by atoms with Crippen molar-refractivity contribution in [2.75, 3.05) is 17.7 Å². The average Bonchev–Trinajstić information content (AvgIpc) is 2.61. The minimum atomic E-state index is -4.52. The molecule has 0 fully saturated rings. The molecule has 0 spiro atoms. The molecule has 0 aliphatic rings. The number of halogens is 3. The zero-order chi connectivity index (χ0) is 19.3. The molecule has 1 atom stereocenters. The predicted molar refractivity (Wildman–Crippen MR) is 90.9 cm³/mol.